The first-order valence-electron chi connectivity index (χ1n) is 11.5. The van der Waals surface area contributed by atoms with Crippen molar-refractivity contribution >= 4 is 28.6 Å². The molecular formula is C27H25ClN4O3. The molecule has 178 valence electrons. The molecule has 1 aliphatic rings. The first kappa shape index (κ1) is 22.9. The number of aromatic nitrogens is 3. The molecule has 8 heteroatoms. The smallest absolute Gasteiger partial charge is 0.411 e. The van der Waals surface area contributed by atoms with Crippen molar-refractivity contribution in [1.82, 2.24) is 19.4 Å². The van der Waals surface area contributed by atoms with Gasteiger partial charge in [0.15, 0.2) is 6.61 Å². The molecule has 1 atom stereocenters. The van der Waals surface area contributed by atoms with Crippen molar-refractivity contribution in [3.63, 3.8) is 0 Å². The molecule has 0 bridgehead atoms. The maximum Gasteiger partial charge on any atom is 0.411 e. The average Bonchev–Trinajstić information content (AvgIpc) is 3.52. The Balaban J connectivity index is 1.39. The van der Waals surface area contributed by atoms with Gasteiger partial charge >= 0.3 is 6.09 Å². The van der Waals surface area contributed by atoms with Crippen molar-refractivity contribution in [3.8, 4) is 18.1 Å². The highest BCUT2D eigenvalue weighted by Gasteiger charge is 2.35. The molecule has 2 aromatic carbocycles. The van der Waals surface area contributed by atoms with E-state index in [0.29, 0.717) is 24.6 Å². The van der Waals surface area contributed by atoms with Crippen LogP contribution in [0.5, 0.6) is 5.75 Å². The van der Waals surface area contributed by atoms with Crippen molar-refractivity contribution in [2.45, 2.75) is 25.4 Å². The van der Waals surface area contributed by atoms with Crippen LogP contribution in [0.2, 0.25) is 5.02 Å². The normalized spacial score (nSPS) is 15.0. The summed E-state index contributed by atoms with van der Waals surface area (Å²) in [6, 6.07) is 13.3. The number of hydrogen-bond donors (Lipinski definition) is 1. The molecule has 0 spiro atoms. The Morgan fingerprint density at radius 2 is 2.11 bits per heavy atom. The number of fused-ring (bicyclic) bond motifs is 3. The number of benzene rings is 2. The van der Waals surface area contributed by atoms with E-state index in [9.17, 15) is 4.79 Å². The van der Waals surface area contributed by atoms with Crippen molar-refractivity contribution in [1.29, 1.82) is 0 Å². The average molecular weight is 489 g/mol. The molecule has 1 aliphatic heterocycles. The summed E-state index contributed by atoms with van der Waals surface area (Å²) in [4.78, 5) is 22.2. The number of hydrogen-bond acceptors (Lipinski definition) is 4. The number of terminal acetylenes is 1. The molecule has 1 N–H and O–H groups in total. The highest BCUT2D eigenvalue weighted by Crippen LogP contribution is 2.39. The third-order valence-electron chi connectivity index (χ3n) is 6.19. The lowest BCUT2D eigenvalue weighted by molar-refractivity contribution is 0.0993. The zero-order valence-electron chi connectivity index (χ0n) is 19.1. The van der Waals surface area contributed by atoms with E-state index in [1.165, 1.54) is 0 Å². The largest absolute Gasteiger partial charge is 0.494 e. The second kappa shape index (κ2) is 10.2. The number of halogens is 1. The van der Waals surface area contributed by atoms with Crippen molar-refractivity contribution in [2.24, 2.45) is 0 Å². The number of H-pyrrole nitrogens is 1. The zero-order valence-corrected chi connectivity index (χ0v) is 19.9. The summed E-state index contributed by atoms with van der Waals surface area (Å²) in [6.07, 6.45) is 11.9. The summed E-state index contributed by atoms with van der Waals surface area (Å²) in [7, 11) is 0. The standard InChI is InChI=1S/C27H25ClN4O3/c1-2-15-35-27(33)32-13-10-22-23-17-20(28)6-9-24(23)30-25(22)26(32)19-4-7-21(8-5-19)34-16-3-12-31-14-11-29-18-31/h1,4-9,11,14,17-18,26,30H,3,10,12-13,15-16H2. The van der Waals surface area contributed by atoms with E-state index in [0.717, 1.165) is 46.4 Å². The van der Waals surface area contributed by atoms with E-state index < -0.39 is 6.09 Å². The van der Waals surface area contributed by atoms with Crippen LogP contribution >= 0.6 is 11.6 Å². The number of aromatic amines is 1. The van der Waals surface area contributed by atoms with Crippen molar-refractivity contribution < 1.29 is 14.3 Å². The maximum absolute atomic E-state index is 12.9. The van der Waals surface area contributed by atoms with Gasteiger partial charge in [-0.15, -0.1) is 6.42 Å². The van der Waals surface area contributed by atoms with Crippen LogP contribution in [0.1, 0.15) is 29.3 Å². The number of aryl methyl sites for hydroxylation is 1. The van der Waals surface area contributed by atoms with Crippen molar-refractivity contribution in [3.05, 3.63) is 83.0 Å². The molecule has 0 aliphatic carbocycles. The molecule has 2 aromatic heterocycles. The molecule has 1 amide bonds. The van der Waals surface area contributed by atoms with E-state index in [2.05, 4.69) is 15.9 Å². The summed E-state index contributed by atoms with van der Waals surface area (Å²) < 4.78 is 13.2. The van der Waals surface area contributed by atoms with Crippen LogP contribution in [0, 0.1) is 12.3 Å². The van der Waals surface area contributed by atoms with Gasteiger partial charge in [-0.25, -0.2) is 9.78 Å². The Hall–Kier alpha value is -3.89. The van der Waals surface area contributed by atoms with Crippen LogP contribution in [0.15, 0.2) is 61.2 Å². The molecule has 4 aromatic rings. The van der Waals surface area contributed by atoms with Gasteiger partial charge < -0.3 is 19.0 Å². The number of nitrogens with zero attached hydrogens (tertiary/aromatic N) is 3. The Labute approximate surface area is 208 Å². The quantitative estimate of drug-likeness (QED) is 0.286. The molecule has 7 nitrogen and oxygen atoms in total. The molecule has 35 heavy (non-hydrogen) atoms. The molecule has 0 fully saturated rings. The third kappa shape index (κ3) is 4.84. The van der Waals surface area contributed by atoms with Crippen LogP contribution in [-0.4, -0.2) is 45.3 Å². The van der Waals surface area contributed by atoms with Crippen LogP contribution in [0.3, 0.4) is 0 Å². The zero-order chi connectivity index (χ0) is 24.2. The van der Waals surface area contributed by atoms with Gasteiger partial charge in [0.2, 0.25) is 0 Å². The number of amides is 1. The SMILES string of the molecule is C#CCOC(=O)N1CCc2c([nH]c3ccc(Cl)cc23)C1c1ccc(OCCCn2ccnc2)cc1. The molecular weight excluding hydrogens is 464 g/mol. The Morgan fingerprint density at radius 3 is 2.89 bits per heavy atom. The van der Waals surface area contributed by atoms with E-state index in [-0.39, 0.29) is 12.6 Å². The second-order valence-corrected chi connectivity index (χ2v) is 8.82. The van der Waals surface area contributed by atoms with Crippen LogP contribution in [-0.2, 0) is 17.7 Å². The predicted molar refractivity (Wildman–Crippen MR) is 135 cm³/mol. The molecule has 5 rings (SSSR count). The van der Waals surface area contributed by atoms with E-state index in [1.807, 2.05) is 53.2 Å². The molecule has 3 heterocycles. The second-order valence-electron chi connectivity index (χ2n) is 8.38. The van der Waals surface area contributed by atoms with Gasteiger partial charge in [0.1, 0.15) is 11.8 Å². The summed E-state index contributed by atoms with van der Waals surface area (Å²) >= 11 is 6.27. The molecule has 1 unspecified atom stereocenters. The Morgan fingerprint density at radius 1 is 1.26 bits per heavy atom. The lowest BCUT2D eigenvalue weighted by Gasteiger charge is -2.35. The minimum atomic E-state index is -0.435. The van der Waals surface area contributed by atoms with E-state index in [4.69, 9.17) is 27.5 Å². The van der Waals surface area contributed by atoms with Gasteiger partial charge in [0.05, 0.1) is 12.9 Å². The van der Waals surface area contributed by atoms with Gasteiger partial charge in [-0.1, -0.05) is 29.7 Å². The molecule has 0 saturated heterocycles. The molecule has 0 radical (unpaired) electrons. The third-order valence-corrected chi connectivity index (χ3v) is 6.42. The van der Waals surface area contributed by atoms with E-state index in [1.54, 1.807) is 17.4 Å². The lowest BCUT2D eigenvalue weighted by Crippen LogP contribution is -2.41. The summed E-state index contributed by atoms with van der Waals surface area (Å²) in [5.41, 5.74) is 4.06. The monoisotopic (exact) mass is 488 g/mol. The van der Waals surface area contributed by atoms with Gasteiger partial charge in [-0.3, -0.25) is 4.90 Å². The fraction of sp³-hybridized carbons (Fsp3) is 0.259. The van der Waals surface area contributed by atoms with Crippen LogP contribution in [0.4, 0.5) is 4.79 Å². The lowest BCUT2D eigenvalue weighted by atomic mass is 9.92. The minimum Gasteiger partial charge on any atom is -0.494 e. The fourth-order valence-electron chi connectivity index (χ4n) is 4.59. The summed E-state index contributed by atoms with van der Waals surface area (Å²) in [5.74, 6) is 3.14. The van der Waals surface area contributed by atoms with Crippen molar-refractivity contribution in [2.75, 3.05) is 19.8 Å². The number of nitrogens with one attached hydrogen (secondary N) is 1. The van der Waals surface area contributed by atoms with Crippen LogP contribution < -0.4 is 4.74 Å². The number of carbonyl (C=O) groups is 1. The maximum atomic E-state index is 12.9. The number of ether oxygens (including phenoxy) is 2. The van der Waals surface area contributed by atoms with E-state index >= 15 is 0 Å². The van der Waals surface area contributed by atoms with Gasteiger partial charge in [0, 0.05) is 47.1 Å². The highest BCUT2D eigenvalue weighted by molar-refractivity contribution is 6.31. The topological polar surface area (TPSA) is 72.4 Å². The Bertz CT molecular complexity index is 1360. The number of carbonyl (C=O) groups excluding carboxylic acids is 1. The fourth-order valence-corrected chi connectivity index (χ4v) is 4.76. The van der Waals surface area contributed by atoms with Gasteiger partial charge in [-0.2, -0.15) is 0 Å². The molecule has 0 saturated carbocycles. The summed E-state index contributed by atoms with van der Waals surface area (Å²) in [5, 5.41) is 1.76. The van der Waals surface area contributed by atoms with Gasteiger partial charge in [-0.05, 0) is 54.3 Å². The number of imidazole rings is 1. The first-order valence-corrected chi connectivity index (χ1v) is 11.9. The number of rotatable bonds is 7. The minimum absolute atomic E-state index is 0.0664. The van der Waals surface area contributed by atoms with Gasteiger partial charge in [0.25, 0.3) is 0 Å². The van der Waals surface area contributed by atoms with Crippen LogP contribution in [0.25, 0.3) is 10.9 Å². The predicted octanol–water partition coefficient (Wildman–Crippen LogP) is 5.20. The Kier molecular flexibility index (Phi) is 6.64. The first-order chi connectivity index (χ1) is 17.1. The summed E-state index contributed by atoms with van der Waals surface area (Å²) in [6.45, 7) is 1.89. The highest BCUT2D eigenvalue weighted by atomic mass is 35.5.